The SMILES string of the molecule is Cc1c(NC2CCNCC2)cc2[nH]c(C(C)C)nc2c1C(N)=O. The van der Waals surface area contributed by atoms with Crippen molar-refractivity contribution in [2.75, 3.05) is 18.4 Å². The predicted molar refractivity (Wildman–Crippen MR) is 93.0 cm³/mol. The van der Waals surface area contributed by atoms with E-state index in [9.17, 15) is 4.79 Å². The van der Waals surface area contributed by atoms with E-state index >= 15 is 0 Å². The van der Waals surface area contributed by atoms with Gasteiger partial charge in [0.15, 0.2) is 0 Å². The lowest BCUT2D eigenvalue weighted by Gasteiger charge is -2.26. The van der Waals surface area contributed by atoms with Crippen LogP contribution in [0.1, 0.15) is 54.4 Å². The Morgan fingerprint density at radius 2 is 2.09 bits per heavy atom. The molecule has 1 aromatic heterocycles. The Kier molecular flexibility index (Phi) is 4.26. The van der Waals surface area contributed by atoms with Gasteiger partial charge in [0.05, 0.1) is 11.1 Å². The number of imidazole rings is 1. The standard InChI is InChI=1S/C17H25N5O/c1-9(2)17-21-13-8-12(20-11-4-6-19-7-5-11)10(3)14(16(18)23)15(13)22-17/h8-9,11,19-20H,4-7H2,1-3H3,(H2,18,23)(H,21,22). The van der Waals surface area contributed by atoms with E-state index in [0.29, 0.717) is 17.1 Å². The lowest BCUT2D eigenvalue weighted by atomic mass is 10.0. The first-order chi connectivity index (χ1) is 11.0. The molecule has 1 fully saturated rings. The van der Waals surface area contributed by atoms with Gasteiger partial charge in [-0.3, -0.25) is 4.79 Å². The highest BCUT2D eigenvalue weighted by Crippen LogP contribution is 2.30. The van der Waals surface area contributed by atoms with Crippen LogP contribution in [0.3, 0.4) is 0 Å². The van der Waals surface area contributed by atoms with E-state index in [0.717, 1.165) is 48.5 Å². The van der Waals surface area contributed by atoms with E-state index in [2.05, 4.69) is 40.5 Å². The fourth-order valence-corrected chi connectivity index (χ4v) is 3.18. The normalized spacial score (nSPS) is 16.2. The number of fused-ring (bicyclic) bond motifs is 1. The van der Waals surface area contributed by atoms with Gasteiger partial charge in [-0.15, -0.1) is 0 Å². The molecular formula is C17H25N5O. The summed E-state index contributed by atoms with van der Waals surface area (Å²) < 4.78 is 0. The molecule has 23 heavy (non-hydrogen) atoms. The molecule has 0 aliphatic carbocycles. The molecule has 1 aromatic carbocycles. The Hall–Kier alpha value is -2.08. The highest BCUT2D eigenvalue weighted by atomic mass is 16.1. The van der Waals surface area contributed by atoms with Crippen molar-refractivity contribution < 1.29 is 4.79 Å². The summed E-state index contributed by atoms with van der Waals surface area (Å²) >= 11 is 0. The molecule has 2 aromatic rings. The van der Waals surface area contributed by atoms with E-state index in [1.165, 1.54) is 0 Å². The molecule has 2 heterocycles. The van der Waals surface area contributed by atoms with Crippen molar-refractivity contribution in [2.45, 2.75) is 45.6 Å². The monoisotopic (exact) mass is 315 g/mol. The van der Waals surface area contributed by atoms with E-state index < -0.39 is 5.91 Å². The van der Waals surface area contributed by atoms with Crippen LogP contribution in [0.2, 0.25) is 0 Å². The summed E-state index contributed by atoms with van der Waals surface area (Å²) in [7, 11) is 0. The number of hydrogen-bond acceptors (Lipinski definition) is 4. The van der Waals surface area contributed by atoms with Crippen molar-refractivity contribution in [1.29, 1.82) is 0 Å². The van der Waals surface area contributed by atoms with E-state index in [-0.39, 0.29) is 5.92 Å². The maximum absolute atomic E-state index is 12.0. The van der Waals surface area contributed by atoms with Crippen molar-refractivity contribution in [3.8, 4) is 0 Å². The number of nitrogens with two attached hydrogens (primary N) is 1. The lowest BCUT2D eigenvalue weighted by Crippen LogP contribution is -2.35. The first-order valence-corrected chi connectivity index (χ1v) is 8.27. The van der Waals surface area contributed by atoms with Crippen LogP contribution in [0.15, 0.2) is 6.07 Å². The smallest absolute Gasteiger partial charge is 0.251 e. The zero-order valence-corrected chi connectivity index (χ0v) is 14.0. The minimum absolute atomic E-state index is 0.268. The molecule has 1 aliphatic heterocycles. The van der Waals surface area contributed by atoms with Gasteiger partial charge in [-0.05, 0) is 44.5 Å². The molecule has 1 amide bonds. The van der Waals surface area contributed by atoms with Gasteiger partial charge in [-0.2, -0.15) is 0 Å². The van der Waals surface area contributed by atoms with Gasteiger partial charge >= 0.3 is 0 Å². The number of piperidine rings is 1. The highest BCUT2D eigenvalue weighted by Gasteiger charge is 2.21. The van der Waals surface area contributed by atoms with Gasteiger partial charge in [-0.1, -0.05) is 13.8 Å². The van der Waals surface area contributed by atoms with Crippen LogP contribution in [0.5, 0.6) is 0 Å². The molecule has 0 atom stereocenters. The van der Waals surface area contributed by atoms with Crippen LogP contribution >= 0.6 is 0 Å². The number of primary amides is 1. The molecule has 0 unspecified atom stereocenters. The topological polar surface area (TPSA) is 95.8 Å². The van der Waals surface area contributed by atoms with Gasteiger partial charge < -0.3 is 21.4 Å². The third-order valence-corrected chi connectivity index (χ3v) is 4.55. The number of rotatable bonds is 4. The average Bonchev–Trinajstić information content (AvgIpc) is 2.92. The van der Waals surface area contributed by atoms with Crippen LogP contribution < -0.4 is 16.4 Å². The quantitative estimate of drug-likeness (QED) is 0.696. The maximum Gasteiger partial charge on any atom is 0.251 e. The summed E-state index contributed by atoms with van der Waals surface area (Å²) in [5.41, 5.74) is 9.54. The lowest BCUT2D eigenvalue weighted by molar-refractivity contribution is 0.100. The Morgan fingerprint density at radius 3 is 2.70 bits per heavy atom. The van der Waals surface area contributed by atoms with Gasteiger partial charge in [0.25, 0.3) is 5.91 Å². The fraction of sp³-hybridized carbons (Fsp3) is 0.529. The number of anilines is 1. The maximum atomic E-state index is 12.0. The zero-order chi connectivity index (χ0) is 16.6. The number of nitrogens with one attached hydrogen (secondary N) is 3. The number of hydrogen-bond donors (Lipinski definition) is 4. The van der Waals surface area contributed by atoms with Crippen molar-refractivity contribution >= 4 is 22.6 Å². The molecule has 0 radical (unpaired) electrons. The van der Waals surface area contributed by atoms with Crippen molar-refractivity contribution in [2.24, 2.45) is 5.73 Å². The summed E-state index contributed by atoms with van der Waals surface area (Å²) in [5.74, 6) is 0.716. The molecule has 6 nitrogen and oxygen atoms in total. The number of aromatic nitrogens is 2. The summed E-state index contributed by atoms with van der Waals surface area (Å²) in [6.45, 7) is 8.12. The second-order valence-electron chi connectivity index (χ2n) is 6.63. The Morgan fingerprint density at radius 1 is 1.39 bits per heavy atom. The van der Waals surface area contributed by atoms with Crippen LogP contribution in [-0.4, -0.2) is 35.0 Å². The van der Waals surface area contributed by atoms with Crippen molar-refractivity contribution in [1.82, 2.24) is 15.3 Å². The number of benzene rings is 1. The van der Waals surface area contributed by atoms with Gasteiger partial charge in [0, 0.05) is 17.6 Å². The zero-order valence-electron chi connectivity index (χ0n) is 14.0. The first-order valence-electron chi connectivity index (χ1n) is 8.27. The van der Waals surface area contributed by atoms with Gasteiger partial charge in [-0.25, -0.2) is 4.98 Å². The molecule has 1 saturated heterocycles. The Balaban J connectivity index is 2.07. The fourth-order valence-electron chi connectivity index (χ4n) is 3.18. The van der Waals surface area contributed by atoms with Crippen LogP contribution in [0.25, 0.3) is 11.0 Å². The number of amides is 1. The van der Waals surface area contributed by atoms with E-state index in [1.54, 1.807) is 0 Å². The molecule has 0 spiro atoms. The Bertz CT molecular complexity index is 728. The molecule has 1 aliphatic rings. The molecule has 5 N–H and O–H groups in total. The van der Waals surface area contributed by atoms with Crippen LogP contribution in [0.4, 0.5) is 5.69 Å². The highest BCUT2D eigenvalue weighted by molar-refractivity contribution is 6.07. The summed E-state index contributed by atoms with van der Waals surface area (Å²) in [5, 5.41) is 6.94. The van der Waals surface area contributed by atoms with Crippen LogP contribution in [-0.2, 0) is 0 Å². The minimum atomic E-state index is -0.428. The first kappa shape index (κ1) is 15.8. The van der Waals surface area contributed by atoms with Crippen molar-refractivity contribution in [3.05, 3.63) is 23.0 Å². The summed E-state index contributed by atoms with van der Waals surface area (Å²) in [6.07, 6.45) is 2.15. The molecule has 0 bridgehead atoms. The number of nitrogens with zero attached hydrogens (tertiary/aromatic N) is 1. The number of carbonyl (C=O) groups excluding carboxylic acids is 1. The second-order valence-corrected chi connectivity index (χ2v) is 6.63. The molecule has 6 heteroatoms. The number of H-pyrrole nitrogens is 1. The van der Waals surface area contributed by atoms with Crippen LogP contribution in [0, 0.1) is 6.92 Å². The average molecular weight is 315 g/mol. The Labute approximate surface area is 136 Å². The number of carbonyl (C=O) groups is 1. The number of aromatic amines is 1. The van der Waals surface area contributed by atoms with E-state index in [1.807, 2.05) is 6.92 Å². The second kappa shape index (κ2) is 6.20. The third kappa shape index (κ3) is 3.03. The minimum Gasteiger partial charge on any atom is -0.382 e. The van der Waals surface area contributed by atoms with Gasteiger partial charge in [0.1, 0.15) is 11.3 Å². The van der Waals surface area contributed by atoms with Crippen molar-refractivity contribution in [3.63, 3.8) is 0 Å². The molecule has 124 valence electrons. The molecule has 0 saturated carbocycles. The van der Waals surface area contributed by atoms with Gasteiger partial charge in [0.2, 0.25) is 0 Å². The third-order valence-electron chi connectivity index (χ3n) is 4.55. The summed E-state index contributed by atoms with van der Waals surface area (Å²) in [4.78, 5) is 19.9. The van der Waals surface area contributed by atoms with E-state index in [4.69, 9.17) is 5.73 Å². The molecular weight excluding hydrogens is 290 g/mol. The molecule has 3 rings (SSSR count). The summed E-state index contributed by atoms with van der Waals surface area (Å²) in [6, 6.07) is 2.47. The predicted octanol–water partition coefficient (Wildman–Crippen LogP) is 2.26. The largest absolute Gasteiger partial charge is 0.382 e.